The Hall–Kier alpha value is -3.48. The highest BCUT2D eigenvalue weighted by Gasteiger charge is 2.24. The van der Waals surface area contributed by atoms with E-state index in [9.17, 15) is 9.59 Å². The van der Waals surface area contributed by atoms with Crippen LogP contribution in [0.15, 0.2) is 48.7 Å². The highest BCUT2D eigenvalue weighted by Crippen LogP contribution is 2.29. The van der Waals surface area contributed by atoms with Crippen molar-refractivity contribution in [3.63, 3.8) is 0 Å². The molecule has 2 aromatic carbocycles. The Bertz CT molecular complexity index is 1260. The second-order valence-corrected chi connectivity index (χ2v) is 12.0. The van der Waals surface area contributed by atoms with E-state index < -0.39 is 0 Å². The topological polar surface area (TPSA) is 74.9 Å². The maximum atomic E-state index is 13.8. The number of benzene rings is 2. The van der Waals surface area contributed by atoms with Gasteiger partial charge in [-0.15, -0.1) is 0 Å². The third kappa shape index (κ3) is 8.77. The number of carbonyl (C=O) groups excluding carboxylic acids is 2. The number of aromatic nitrogens is 1. The zero-order chi connectivity index (χ0) is 29.3. The molecule has 40 heavy (non-hydrogen) atoms. The Labute approximate surface area is 239 Å². The fraction of sp³-hybridized carbons (Fsp3) is 0.515. The Morgan fingerprint density at radius 1 is 0.950 bits per heavy atom. The van der Waals surface area contributed by atoms with Crippen LogP contribution in [-0.2, 0) is 22.6 Å². The third-order valence-corrected chi connectivity index (χ3v) is 7.16. The van der Waals surface area contributed by atoms with Gasteiger partial charge in [-0.2, -0.15) is 0 Å². The van der Waals surface area contributed by atoms with Gasteiger partial charge in [0.15, 0.2) is 11.5 Å². The molecule has 7 nitrogen and oxygen atoms in total. The molecule has 218 valence electrons. The van der Waals surface area contributed by atoms with Crippen LogP contribution >= 0.6 is 0 Å². The molecule has 2 amide bonds. The normalized spacial score (nSPS) is 12.3. The standard InChI is InChI=1S/C33H47N3O4/c1-8-16-35(31(37)18-24(2)20-33(3,4)5)23-32(38)36(22-25-13-14-29(39-6)30(19-25)40-7)17-15-26-21-34-28-12-10-9-11-27(26)28/h9-14,19,21,24,34H,8,15-18,20,22-23H2,1-7H3. The fourth-order valence-corrected chi connectivity index (χ4v) is 5.46. The van der Waals surface area contributed by atoms with Crippen LogP contribution in [0.25, 0.3) is 10.9 Å². The van der Waals surface area contributed by atoms with E-state index >= 15 is 0 Å². The number of aromatic amines is 1. The molecule has 0 fully saturated rings. The lowest BCUT2D eigenvalue weighted by Crippen LogP contribution is -2.44. The molecule has 0 spiro atoms. The van der Waals surface area contributed by atoms with E-state index in [2.05, 4.69) is 44.8 Å². The first-order valence-corrected chi connectivity index (χ1v) is 14.4. The Morgan fingerprint density at radius 3 is 2.35 bits per heavy atom. The summed E-state index contributed by atoms with van der Waals surface area (Å²) in [6.45, 7) is 12.3. The molecule has 0 bridgehead atoms. The van der Waals surface area contributed by atoms with Crippen LogP contribution in [0, 0.1) is 11.3 Å². The summed E-state index contributed by atoms with van der Waals surface area (Å²) in [4.78, 5) is 34.1. The summed E-state index contributed by atoms with van der Waals surface area (Å²) in [5, 5.41) is 1.16. The number of methoxy groups -OCH3 is 2. The number of ether oxygens (including phenoxy) is 2. The average molecular weight is 550 g/mol. The Balaban J connectivity index is 1.80. The molecule has 1 heterocycles. The number of H-pyrrole nitrogens is 1. The van der Waals surface area contributed by atoms with Crippen molar-refractivity contribution in [1.82, 2.24) is 14.8 Å². The van der Waals surface area contributed by atoms with Crippen LogP contribution in [0.3, 0.4) is 0 Å². The summed E-state index contributed by atoms with van der Waals surface area (Å²) < 4.78 is 10.9. The minimum atomic E-state index is -0.0556. The van der Waals surface area contributed by atoms with Gasteiger partial charge in [0.1, 0.15) is 0 Å². The first-order chi connectivity index (χ1) is 19.0. The first-order valence-electron chi connectivity index (χ1n) is 14.4. The summed E-state index contributed by atoms with van der Waals surface area (Å²) >= 11 is 0. The monoisotopic (exact) mass is 549 g/mol. The number of rotatable bonds is 14. The van der Waals surface area contributed by atoms with E-state index in [1.54, 1.807) is 19.1 Å². The SMILES string of the molecule is CCCN(CC(=O)N(CCc1c[nH]c2ccccc12)Cc1ccc(OC)c(OC)c1)C(=O)CC(C)CC(C)(C)C. The molecule has 0 aliphatic heterocycles. The van der Waals surface area contributed by atoms with Crippen LogP contribution < -0.4 is 9.47 Å². The Morgan fingerprint density at radius 2 is 1.68 bits per heavy atom. The van der Waals surface area contributed by atoms with E-state index in [4.69, 9.17) is 9.47 Å². The molecule has 7 heteroatoms. The predicted molar refractivity (Wildman–Crippen MR) is 162 cm³/mol. The van der Waals surface area contributed by atoms with Crippen molar-refractivity contribution in [2.24, 2.45) is 11.3 Å². The van der Waals surface area contributed by atoms with Gasteiger partial charge in [0.25, 0.3) is 0 Å². The highest BCUT2D eigenvalue weighted by molar-refractivity contribution is 5.85. The number of fused-ring (bicyclic) bond motifs is 1. The average Bonchev–Trinajstić information content (AvgIpc) is 3.32. The molecule has 0 saturated heterocycles. The lowest BCUT2D eigenvalue weighted by molar-refractivity contribution is -0.141. The van der Waals surface area contributed by atoms with Crippen LogP contribution in [-0.4, -0.2) is 60.5 Å². The quantitative estimate of drug-likeness (QED) is 0.251. The van der Waals surface area contributed by atoms with Crippen molar-refractivity contribution < 1.29 is 19.1 Å². The number of hydrogen-bond acceptors (Lipinski definition) is 4. The van der Waals surface area contributed by atoms with Gasteiger partial charge < -0.3 is 24.3 Å². The lowest BCUT2D eigenvalue weighted by Gasteiger charge is -2.29. The van der Waals surface area contributed by atoms with E-state index in [0.717, 1.165) is 29.3 Å². The van der Waals surface area contributed by atoms with E-state index in [-0.39, 0.29) is 29.7 Å². The number of hydrogen-bond donors (Lipinski definition) is 1. The molecule has 0 radical (unpaired) electrons. The molecule has 0 aliphatic rings. The summed E-state index contributed by atoms with van der Waals surface area (Å²) in [7, 11) is 3.21. The number of amides is 2. The van der Waals surface area contributed by atoms with Gasteiger partial charge in [-0.05, 0) is 59.9 Å². The van der Waals surface area contributed by atoms with E-state index in [1.807, 2.05) is 48.4 Å². The van der Waals surface area contributed by atoms with Crippen LogP contribution in [0.1, 0.15) is 65.0 Å². The zero-order valence-corrected chi connectivity index (χ0v) is 25.4. The van der Waals surface area contributed by atoms with E-state index in [1.165, 1.54) is 5.56 Å². The van der Waals surface area contributed by atoms with Crippen LogP contribution in [0.2, 0.25) is 0 Å². The van der Waals surface area contributed by atoms with Crippen molar-refractivity contribution >= 4 is 22.7 Å². The molecule has 3 rings (SSSR count). The number of nitrogens with zero attached hydrogens (tertiary/aromatic N) is 2. The molecule has 1 unspecified atom stereocenters. The molecule has 3 aromatic rings. The summed E-state index contributed by atoms with van der Waals surface area (Å²) in [5.74, 6) is 1.52. The van der Waals surface area contributed by atoms with Gasteiger partial charge in [-0.3, -0.25) is 9.59 Å². The van der Waals surface area contributed by atoms with E-state index in [0.29, 0.717) is 44.0 Å². The smallest absolute Gasteiger partial charge is 0.242 e. The van der Waals surface area contributed by atoms with Gasteiger partial charge in [-0.25, -0.2) is 0 Å². The number of nitrogens with one attached hydrogen (secondary N) is 1. The molecule has 1 aromatic heterocycles. The van der Waals surface area contributed by atoms with Crippen LogP contribution in [0.5, 0.6) is 11.5 Å². The molecular formula is C33H47N3O4. The van der Waals surface area contributed by atoms with Gasteiger partial charge in [0, 0.05) is 43.2 Å². The lowest BCUT2D eigenvalue weighted by atomic mass is 9.84. The number of para-hydroxylation sites is 1. The van der Waals surface area contributed by atoms with Crippen molar-refractivity contribution in [2.45, 2.75) is 66.8 Å². The fourth-order valence-electron chi connectivity index (χ4n) is 5.46. The molecular weight excluding hydrogens is 502 g/mol. The first kappa shape index (κ1) is 31.1. The Kier molecular flexibility index (Phi) is 11.1. The van der Waals surface area contributed by atoms with Crippen molar-refractivity contribution in [2.75, 3.05) is 33.9 Å². The molecule has 1 N–H and O–H groups in total. The number of carbonyl (C=O) groups is 2. The van der Waals surface area contributed by atoms with Gasteiger partial charge in [0.2, 0.25) is 11.8 Å². The molecule has 0 saturated carbocycles. The predicted octanol–water partition coefficient (Wildman–Crippen LogP) is 6.46. The van der Waals surface area contributed by atoms with Crippen molar-refractivity contribution in [1.29, 1.82) is 0 Å². The van der Waals surface area contributed by atoms with Crippen LogP contribution in [0.4, 0.5) is 0 Å². The largest absolute Gasteiger partial charge is 0.493 e. The third-order valence-electron chi connectivity index (χ3n) is 7.16. The minimum Gasteiger partial charge on any atom is -0.493 e. The minimum absolute atomic E-state index is 0.0506. The second kappa shape index (κ2) is 14.2. The summed E-state index contributed by atoms with van der Waals surface area (Å²) in [6.07, 6.45) is 4.94. The molecule has 1 atom stereocenters. The van der Waals surface area contributed by atoms with Crippen molar-refractivity contribution in [3.05, 3.63) is 59.8 Å². The van der Waals surface area contributed by atoms with Gasteiger partial charge in [0.05, 0.1) is 20.8 Å². The molecule has 0 aliphatic carbocycles. The summed E-state index contributed by atoms with van der Waals surface area (Å²) in [5.41, 5.74) is 3.35. The zero-order valence-electron chi connectivity index (χ0n) is 25.4. The van der Waals surface area contributed by atoms with Gasteiger partial charge in [-0.1, -0.05) is 58.9 Å². The maximum Gasteiger partial charge on any atom is 0.242 e. The second-order valence-electron chi connectivity index (χ2n) is 12.0. The maximum absolute atomic E-state index is 13.8. The summed E-state index contributed by atoms with van der Waals surface area (Å²) in [6, 6.07) is 13.9. The van der Waals surface area contributed by atoms with Gasteiger partial charge >= 0.3 is 0 Å². The van der Waals surface area contributed by atoms with Crippen molar-refractivity contribution in [3.8, 4) is 11.5 Å². The highest BCUT2D eigenvalue weighted by atomic mass is 16.5.